The van der Waals surface area contributed by atoms with E-state index in [2.05, 4.69) is 51.7 Å². The van der Waals surface area contributed by atoms with E-state index in [1.54, 1.807) is 7.11 Å². The first-order valence-corrected chi connectivity index (χ1v) is 11.7. The standard InChI is InChI=1S/C29H34N2O2/c1-7-31-26-16-20(2)22(17-25(26)21(3)18-29(31,4)5)19-30-23-12-14-24(15-13-23)33-28-11-9-8-10-27(28)32-6/h8-17,19,21H,7,18H2,1-6H3/t21-/m1/s1. The number of fused-ring (bicyclic) bond motifs is 1. The monoisotopic (exact) mass is 442 g/mol. The summed E-state index contributed by atoms with van der Waals surface area (Å²) in [5, 5.41) is 0. The number of rotatable bonds is 6. The SMILES string of the molecule is CCN1c2cc(C)c(C=Nc3ccc(Oc4ccccc4OC)cc3)cc2[C@H](C)CC1(C)C. The molecule has 3 aromatic carbocycles. The second-order valence-corrected chi connectivity index (χ2v) is 9.43. The summed E-state index contributed by atoms with van der Waals surface area (Å²) < 4.78 is 11.3. The molecule has 1 atom stereocenters. The molecule has 0 amide bonds. The van der Waals surface area contributed by atoms with Crippen molar-refractivity contribution in [1.82, 2.24) is 0 Å². The molecule has 3 aromatic rings. The number of hydrogen-bond acceptors (Lipinski definition) is 4. The van der Waals surface area contributed by atoms with E-state index in [0.717, 1.165) is 24.4 Å². The minimum absolute atomic E-state index is 0.177. The normalized spacial score (nSPS) is 17.2. The quantitative estimate of drug-likeness (QED) is 0.368. The van der Waals surface area contributed by atoms with Gasteiger partial charge in [-0.3, -0.25) is 4.99 Å². The van der Waals surface area contributed by atoms with Crippen molar-refractivity contribution < 1.29 is 9.47 Å². The van der Waals surface area contributed by atoms with Gasteiger partial charge in [0.2, 0.25) is 0 Å². The van der Waals surface area contributed by atoms with Gasteiger partial charge in [0.1, 0.15) is 5.75 Å². The van der Waals surface area contributed by atoms with E-state index in [4.69, 9.17) is 14.5 Å². The molecular weight excluding hydrogens is 408 g/mol. The van der Waals surface area contributed by atoms with E-state index in [1.807, 2.05) is 54.7 Å². The van der Waals surface area contributed by atoms with Crippen LogP contribution >= 0.6 is 0 Å². The van der Waals surface area contributed by atoms with Gasteiger partial charge in [-0.05, 0) is 105 Å². The van der Waals surface area contributed by atoms with Gasteiger partial charge in [-0.2, -0.15) is 0 Å². The maximum Gasteiger partial charge on any atom is 0.169 e. The molecule has 1 heterocycles. The smallest absolute Gasteiger partial charge is 0.169 e. The maximum absolute atomic E-state index is 5.97. The zero-order chi connectivity index (χ0) is 23.6. The summed E-state index contributed by atoms with van der Waals surface area (Å²) in [6.07, 6.45) is 3.13. The molecule has 0 aliphatic carbocycles. The summed E-state index contributed by atoms with van der Waals surface area (Å²) in [7, 11) is 1.64. The number of hydrogen-bond donors (Lipinski definition) is 0. The minimum Gasteiger partial charge on any atom is -0.493 e. The number of ether oxygens (including phenoxy) is 2. The van der Waals surface area contributed by atoms with Gasteiger partial charge < -0.3 is 14.4 Å². The fraction of sp³-hybridized carbons (Fsp3) is 0.345. The molecule has 0 fully saturated rings. The average molecular weight is 443 g/mol. The largest absolute Gasteiger partial charge is 0.493 e. The van der Waals surface area contributed by atoms with Crippen LogP contribution in [0, 0.1) is 6.92 Å². The Bertz CT molecular complexity index is 1150. The van der Waals surface area contributed by atoms with Crippen LogP contribution < -0.4 is 14.4 Å². The molecule has 0 N–H and O–H groups in total. The molecule has 0 saturated heterocycles. The molecular formula is C29H34N2O2. The second kappa shape index (κ2) is 9.30. The summed E-state index contributed by atoms with van der Waals surface area (Å²) in [6, 6.07) is 20.1. The fourth-order valence-corrected chi connectivity index (χ4v) is 4.96. The van der Waals surface area contributed by atoms with Gasteiger partial charge in [-0.25, -0.2) is 0 Å². The number of aryl methyl sites for hydroxylation is 1. The van der Waals surface area contributed by atoms with Gasteiger partial charge >= 0.3 is 0 Å². The van der Waals surface area contributed by atoms with E-state index in [1.165, 1.54) is 22.4 Å². The van der Waals surface area contributed by atoms with Crippen LogP contribution in [0.5, 0.6) is 17.2 Å². The predicted octanol–water partition coefficient (Wildman–Crippen LogP) is 7.66. The van der Waals surface area contributed by atoms with E-state index < -0.39 is 0 Å². The number of aliphatic imine (C=N–C) groups is 1. The van der Waals surface area contributed by atoms with Crippen molar-refractivity contribution in [1.29, 1.82) is 0 Å². The lowest BCUT2D eigenvalue weighted by Gasteiger charge is -2.47. The van der Waals surface area contributed by atoms with Gasteiger partial charge in [0.25, 0.3) is 0 Å². The van der Waals surface area contributed by atoms with Crippen LogP contribution in [0.1, 0.15) is 56.7 Å². The Hall–Kier alpha value is -3.27. The molecule has 0 radical (unpaired) electrons. The van der Waals surface area contributed by atoms with Crippen molar-refractivity contribution in [3.8, 4) is 17.2 Å². The van der Waals surface area contributed by atoms with Gasteiger partial charge in [0, 0.05) is 24.0 Å². The zero-order valence-corrected chi connectivity index (χ0v) is 20.6. The highest BCUT2D eigenvalue weighted by molar-refractivity contribution is 5.86. The Labute approximate surface area is 197 Å². The van der Waals surface area contributed by atoms with E-state index in [9.17, 15) is 0 Å². The van der Waals surface area contributed by atoms with Gasteiger partial charge in [-0.1, -0.05) is 19.1 Å². The van der Waals surface area contributed by atoms with Crippen molar-refractivity contribution in [3.63, 3.8) is 0 Å². The Morgan fingerprint density at radius 3 is 2.42 bits per heavy atom. The molecule has 0 bridgehead atoms. The molecule has 172 valence electrons. The lowest BCUT2D eigenvalue weighted by atomic mass is 9.79. The van der Waals surface area contributed by atoms with E-state index in [-0.39, 0.29) is 5.54 Å². The Kier molecular flexibility index (Phi) is 6.46. The zero-order valence-electron chi connectivity index (χ0n) is 20.6. The molecule has 0 aromatic heterocycles. The molecule has 0 saturated carbocycles. The summed E-state index contributed by atoms with van der Waals surface area (Å²) in [6.45, 7) is 12.5. The van der Waals surface area contributed by atoms with Crippen LogP contribution in [0.4, 0.5) is 11.4 Å². The van der Waals surface area contributed by atoms with Crippen molar-refractivity contribution in [3.05, 3.63) is 77.4 Å². The third kappa shape index (κ3) is 4.75. The van der Waals surface area contributed by atoms with Crippen LogP contribution in [0.15, 0.2) is 65.7 Å². The number of para-hydroxylation sites is 2. The number of methoxy groups -OCH3 is 1. The van der Waals surface area contributed by atoms with Crippen molar-refractivity contribution in [2.75, 3.05) is 18.6 Å². The second-order valence-electron chi connectivity index (χ2n) is 9.43. The highest BCUT2D eigenvalue weighted by Gasteiger charge is 2.35. The topological polar surface area (TPSA) is 34.1 Å². The lowest BCUT2D eigenvalue weighted by Crippen LogP contribution is -2.48. The fourth-order valence-electron chi connectivity index (χ4n) is 4.96. The first-order valence-electron chi connectivity index (χ1n) is 11.7. The Balaban J connectivity index is 1.54. The summed E-state index contributed by atoms with van der Waals surface area (Å²) >= 11 is 0. The van der Waals surface area contributed by atoms with Gasteiger partial charge in [-0.15, -0.1) is 0 Å². The Morgan fingerprint density at radius 1 is 1.06 bits per heavy atom. The van der Waals surface area contributed by atoms with Crippen LogP contribution in [0.3, 0.4) is 0 Å². The van der Waals surface area contributed by atoms with Crippen LogP contribution in [0.25, 0.3) is 0 Å². The first kappa shape index (κ1) is 22.9. The summed E-state index contributed by atoms with van der Waals surface area (Å²) in [5.41, 5.74) is 6.28. The highest BCUT2D eigenvalue weighted by Crippen LogP contribution is 2.44. The third-order valence-corrected chi connectivity index (χ3v) is 6.58. The molecule has 1 aliphatic rings. The van der Waals surface area contributed by atoms with Crippen LogP contribution in [-0.2, 0) is 0 Å². The molecule has 4 heteroatoms. The summed E-state index contributed by atoms with van der Waals surface area (Å²) in [4.78, 5) is 7.28. The van der Waals surface area contributed by atoms with Crippen molar-refractivity contribution >= 4 is 17.6 Å². The Morgan fingerprint density at radius 2 is 1.76 bits per heavy atom. The number of nitrogens with zero attached hydrogens (tertiary/aromatic N) is 2. The average Bonchev–Trinajstić information content (AvgIpc) is 2.79. The van der Waals surface area contributed by atoms with Gasteiger partial charge in [0.15, 0.2) is 11.5 Å². The third-order valence-electron chi connectivity index (χ3n) is 6.58. The van der Waals surface area contributed by atoms with E-state index >= 15 is 0 Å². The van der Waals surface area contributed by atoms with E-state index in [0.29, 0.717) is 17.4 Å². The van der Waals surface area contributed by atoms with Crippen molar-refractivity contribution in [2.24, 2.45) is 4.99 Å². The van der Waals surface area contributed by atoms with Crippen LogP contribution in [0.2, 0.25) is 0 Å². The number of benzene rings is 3. The predicted molar refractivity (Wildman–Crippen MR) is 138 cm³/mol. The number of anilines is 1. The van der Waals surface area contributed by atoms with Gasteiger partial charge in [0.05, 0.1) is 12.8 Å². The highest BCUT2D eigenvalue weighted by atomic mass is 16.5. The maximum atomic E-state index is 5.97. The lowest BCUT2D eigenvalue weighted by molar-refractivity contribution is 0.379. The molecule has 4 rings (SSSR count). The van der Waals surface area contributed by atoms with Crippen molar-refractivity contribution in [2.45, 2.75) is 52.5 Å². The molecule has 33 heavy (non-hydrogen) atoms. The molecule has 0 unspecified atom stereocenters. The molecule has 4 nitrogen and oxygen atoms in total. The minimum atomic E-state index is 0.177. The molecule has 1 aliphatic heterocycles. The van der Waals surface area contributed by atoms with Crippen LogP contribution in [-0.4, -0.2) is 25.4 Å². The first-order chi connectivity index (χ1) is 15.8. The summed E-state index contributed by atoms with van der Waals surface area (Å²) in [5.74, 6) is 2.68. The molecule has 0 spiro atoms.